The van der Waals surface area contributed by atoms with Crippen LogP contribution in [0, 0.1) is 6.92 Å². The summed E-state index contributed by atoms with van der Waals surface area (Å²) in [6, 6.07) is 17.5. The van der Waals surface area contributed by atoms with E-state index < -0.39 is 0 Å². The number of nitrogens with one attached hydrogen (secondary N) is 1. The number of thiazole rings is 1. The van der Waals surface area contributed by atoms with Gasteiger partial charge in [0.25, 0.3) is 0 Å². The molecular weight excluding hydrogens is 384 g/mol. The Morgan fingerprint density at radius 1 is 1.14 bits per heavy atom. The first-order chi connectivity index (χ1) is 14.1. The van der Waals surface area contributed by atoms with Crippen molar-refractivity contribution >= 4 is 22.2 Å². The lowest BCUT2D eigenvalue weighted by Gasteiger charge is -2.05. The summed E-state index contributed by atoms with van der Waals surface area (Å²) in [7, 11) is 1.65. The van der Waals surface area contributed by atoms with Gasteiger partial charge in [-0.15, -0.1) is 5.10 Å². The number of aryl methyl sites for hydroxylation is 1. The van der Waals surface area contributed by atoms with E-state index in [9.17, 15) is 4.79 Å². The van der Waals surface area contributed by atoms with Gasteiger partial charge in [-0.25, -0.2) is 4.52 Å². The fourth-order valence-corrected chi connectivity index (χ4v) is 4.19. The molecule has 148 valence electrons. The van der Waals surface area contributed by atoms with Crippen molar-refractivity contribution in [3.63, 3.8) is 0 Å². The van der Waals surface area contributed by atoms with E-state index in [-0.39, 0.29) is 5.91 Å². The van der Waals surface area contributed by atoms with Crippen LogP contribution >= 0.6 is 11.3 Å². The second-order valence-corrected chi connectivity index (χ2v) is 7.79. The molecule has 4 rings (SSSR count). The van der Waals surface area contributed by atoms with Crippen LogP contribution < -0.4 is 10.1 Å². The molecular formula is C22H22N4O2S. The Balaban J connectivity index is 1.39. The molecule has 2 aromatic carbocycles. The van der Waals surface area contributed by atoms with Gasteiger partial charge in [-0.2, -0.15) is 4.98 Å². The van der Waals surface area contributed by atoms with Crippen LogP contribution in [-0.4, -0.2) is 34.2 Å². The molecule has 0 aliphatic heterocycles. The predicted octanol–water partition coefficient (Wildman–Crippen LogP) is 3.68. The molecule has 0 fully saturated rings. The van der Waals surface area contributed by atoms with Crippen molar-refractivity contribution in [3.05, 3.63) is 70.7 Å². The van der Waals surface area contributed by atoms with Gasteiger partial charge < -0.3 is 10.1 Å². The van der Waals surface area contributed by atoms with Crippen LogP contribution in [-0.2, 0) is 17.6 Å². The van der Waals surface area contributed by atoms with Crippen LogP contribution in [0.15, 0.2) is 54.6 Å². The minimum absolute atomic E-state index is 0.0371. The molecule has 29 heavy (non-hydrogen) atoms. The molecule has 0 unspecified atom stereocenters. The van der Waals surface area contributed by atoms with E-state index in [0.717, 1.165) is 34.0 Å². The molecule has 6 nitrogen and oxygen atoms in total. The van der Waals surface area contributed by atoms with Crippen LogP contribution in [0.5, 0.6) is 5.75 Å². The maximum absolute atomic E-state index is 12.1. The van der Waals surface area contributed by atoms with Crippen molar-refractivity contribution in [1.29, 1.82) is 0 Å². The normalized spacial score (nSPS) is 11.0. The number of hydrogen-bond donors (Lipinski definition) is 1. The molecule has 2 aromatic heterocycles. The lowest BCUT2D eigenvalue weighted by molar-refractivity contribution is -0.120. The Bertz CT molecular complexity index is 1120. The predicted molar refractivity (Wildman–Crippen MR) is 114 cm³/mol. The minimum atomic E-state index is 0.0371. The van der Waals surface area contributed by atoms with E-state index in [0.29, 0.717) is 18.8 Å². The van der Waals surface area contributed by atoms with Gasteiger partial charge in [0.1, 0.15) is 5.75 Å². The molecule has 0 saturated heterocycles. The van der Waals surface area contributed by atoms with Crippen molar-refractivity contribution < 1.29 is 9.53 Å². The summed E-state index contributed by atoms with van der Waals surface area (Å²) in [6.07, 6.45) is 1.17. The number of benzene rings is 2. The van der Waals surface area contributed by atoms with Crippen molar-refractivity contribution in [1.82, 2.24) is 19.9 Å². The number of carbonyl (C=O) groups excluding carboxylic acids is 1. The molecule has 2 heterocycles. The van der Waals surface area contributed by atoms with Crippen LogP contribution in [0.25, 0.3) is 16.3 Å². The molecule has 0 aliphatic rings. The number of methoxy groups -OCH3 is 1. The lowest BCUT2D eigenvalue weighted by Crippen LogP contribution is -2.27. The second-order valence-electron chi connectivity index (χ2n) is 6.73. The summed E-state index contributed by atoms with van der Waals surface area (Å²) >= 11 is 1.62. The fourth-order valence-electron chi connectivity index (χ4n) is 3.14. The first kappa shape index (κ1) is 19.1. The topological polar surface area (TPSA) is 68.5 Å². The van der Waals surface area contributed by atoms with Gasteiger partial charge >= 0.3 is 0 Å². The highest BCUT2D eigenvalue weighted by atomic mass is 32.1. The Kier molecular flexibility index (Phi) is 5.57. The van der Waals surface area contributed by atoms with Gasteiger partial charge in [0, 0.05) is 23.4 Å². The summed E-state index contributed by atoms with van der Waals surface area (Å²) in [5.74, 6) is 1.54. The second kappa shape index (κ2) is 8.45. The van der Waals surface area contributed by atoms with Crippen molar-refractivity contribution in [2.45, 2.75) is 19.8 Å². The van der Waals surface area contributed by atoms with E-state index in [1.165, 1.54) is 4.88 Å². The van der Waals surface area contributed by atoms with E-state index >= 15 is 0 Å². The zero-order chi connectivity index (χ0) is 20.2. The van der Waals surface area contributed by atoms with Crippen molar-refractivity contribution in [3.8, 4) is 17.1 Å². The van der Waals surface area contributed by atoms with Gasteiger partial charge in [-0.3, -0.25) is 4.79 Å². The summed E-state index contributed by atoms with van der Waals surface area (Å²) in [4.78, 5) is 18.8. The third kappa shape index (κ3) is 4.30. The molecule has 0 radical (unpaired) electrons. The molecule has 0 aliphatic carbocycles. The highest BCUT2D eigenvalue weighted by Gasteiger charge is 2.14. The minimum Gasteiger partial charge on any atom is -0.497 e. The zero-order valence-electron chi connectivity index (χ0n) is 16.4. The fraction of sp³-hybridized carbons (Fsp3) is 0.227. The number of aromatic nitrogens is 3. The first-order valence-corrected chi connectivity index (χ1v) is 10.3. The number of amides is 1. The Labute approximate surface area is 173 Å². The number of nitrogens with zero attached hydrogens (tertiary/aromatic N) is 3. The van der Waals surface area contributed by atoms with E-state index in [1.54, 1.807) is 18.4 Å². The quantitative estimate of drug-likeness (QED) is 0.508. The summed E-state index contributed by atoms with van der Waals surface area (Å²) in [6.45, 7) is 2.64. The monoisotopic (exact) mass is 406 g/mol. The van der Waals surface area contributed by atoms with E-state index in [4.69, 9.17) is 4.74 Å². The summed E-state index contributed by atoms with van der Waals surface area (Å²) in [5, 5.41) is 7.64. The van der Waals surface area contributed by atoms with Gasteiger partial charge in [-0.1, -0.05) is 41.7 Å². The van der Waals surface area contributed by atoms with E-state index in [2.05, 4.69) is 15.4 Å². The van der Waals surface area contributed by atoms with Gasteiger partial charge in [-0.05, 0) is 36.8 Å². The number of carbonyl (C=O) groups is 1. The molecule has 7 heteroatoms. The molecule has 1 amide bonds. The molecule has 0 spiro atoms. The molecule has 0 atom stereocenters. The largest absolute Gasteiger partial charge is 0.497 e. The molecule has 4 aromatic rings. The SMILES string of the molecule is COc1ccc(-c2nc3sc(CCNC(=O)Cc4ccccc4)c(C)n3n2)cc1. The third-order valence-electron chi connectivity index (χ3n) is 4.74. The zero-order valence-corrected chi connectivity index (χ0v) is 17.2. The summed E-state index contributed by atoms with van der Waals surface area (Å²) in [5.41, 5.74) is 3.04. The van der Waals surface area contributed by atoms with Crippen LogP contribution in [0.2, 0.25) is 0 Å². The number of rotatable bonds is 7. The molecule has 0 bridgehead atoms. The maximum atomic E-state index is 12.1. The van der Waals surface area contributed by atoms with Crippen LogP contribution in [0.3, 0.4) is 0 Å². The Hall–Kier alpha value is -3.19. The maximum Gasteiger partial charge on any atom is 0.224 e. The lowest BCUT2D eigenvalue weighted by atomic mass is 10.1. The van der Waals surface area contributed by atoms with Crippen LogP contribution in [0.1, 0.15) is 16.1 Å². The molecule has 1 N–H and O–H groups in total. The first-order valence-electron chi connectivity index (χ1n) is 9.44. The van der Waals surface area contributed by atoms with Crippen LogP contribution in [0.4, 0.5) is 0 Å². The Morgan fingerprint density at radius 2 is 1.90 bits per heavy atom. The number of hydrogen-bond acceptors (Lipinski definition) is 5. The average Bonchev–Trinajstić information content (AvgIpc) is 3.28. The average molecular weight is 407 g/mol. The van der Waals surface area contributed by atoms with Gasteiger partial charge in [0.2, 0.25) is 10.9 Å². The van der Waals surface area contributed by atoms with Crippen molar-refractivity contribution in [2.24, 2.45) is 0 Å². The number of fused-ring (bicyclic) bond motifs is 1. The van der Waals surface area contributed by atoms with Gasteiger partial charge in [0.15, 0.2) is 5.82 Å². The van der Waals surface area contributed by atoms with Crippen molar-refractivity contribution in [2.75, 3.05) is 13.7 Å². The highest BCUT2D eigenvalue weighted by molar-refractivity contribution is 7.17. The molecule has 0 saturated carbocycles. The van der Waals surface area contributed by atoms with E-state index in [1.807, 2.05) is 66.0 Å². The standard InChI is InChI=1S/C22H22N4O2S/c1-15-19(12-13-23-20(27)14-16-6-4-3-5-7-16)29-22-24-21(25-26(15)22)17-8-10-18(28-2)11-9-17/h3-11H,12-14H2,1-2H3,(H,23,27). The summed E-state index contributed by atoms with van der Waals surface area (Å²) < 4.78 is 7.08. The smallest absolute Gasteiger partial charge is 0.224 e. The van der Waals surface area contributed by atoms with Gasteiger partial charge in [0.05, 0.1) is 19.2 Å². The Morgan fingerprint density at radius 3 is 2.59 bits per heavy atom. The third-order valence-corrected chi connectivity index (χ3v) is 5.94. The number of ether oxygens (including phenoxy) is 1. The highest BCUT2D eigenvalue weighted by Crippen LogP contribution is 2.26.